The van der Waals surface area contributed by atoms with Gasteiger partial charge >= 0.3 is 5.97 Å². The maximum atomic E-state index is 12.3. The maximum absolute atomic E-state index is 12.3. The SMILES string of the molecule is O=C(CCc1ccc(C(=O)O)cc1)Nc1ccc(CC(=O)N2CCOCC2)cc1. The first kappa shape index (κ1) is 20.5. The number of aromatic carboxylic acids is 1. The number of morpholine rings is 1. The molecule has 2 aromatic carbocycles. The summed E-state index contributed by atoms with van der Waals surface area (Å²) in [6, 6.07) is 13.8. The summed E-state index contributed by atoms with van der Waals surface area (Å²) >= 11 is 0. The van der Waals surface area contributed by atoms with Crippen molar-refractivity contribution < 1.29 is 24.2 Å². The van der Waals surface area contributed by atoms with Gasteiger partial charge in [0.05, 0.1) is 25.2 Å². The van der Waals surface area contributed by atoms with Crippen LogP contribution in [0.15, 0.2) is 48.5 Å². The van der Waals surface area contributed by atoms with Crippen LogP contribution in [0.3, 0.4) is 0 Å². The molecule has 1 aliphatic heterocycles. The quantitative estimate of drug-likeness (QED) is 0.749. The van der Waals surface area contributed by atoms with Gasteiger partial charge in [-0.3, -0.25) is 9.59 Å². The first-order chi connectivity index (χ1) is 14.0. The summed E-state index contributed by atoms with van der Waals surface area (Å²) in [7, 11) is 0. The van der Waals surface area contributed by atoms with E-state index in [-0.39, 0.29) is 17.4 Å². The van der Waals surface area contributed by atoms with Crippen LogP contribution in [0.2, 0.25) is 0 Å². The Balaban J connectivity index is 1.45. The second kappa shape index (κ2) is 9.84. The van der Waals surface area contributed by atoms with Crippen LogP contribution < -0.4 is 5.32 Å². The molecule has 29 heavy (non-hydrogen) atoms. The Morgan fingerprint density at radius 3 is 2.17 bits per heavy atom. The summed E-state index contributed by atoms with van der Waals surface area (Å²) < 4.78 is 5.26. The molecule has 2 amide bonds. The molecule has 0 radical (unpaired) electrons. The van der Waals surface area contributed by atoms with Gasteiger partial charge in [0, 0.05) is 25.2 Å². The van der Waals surface area contributed by atoms with Crippen LogP contribution in [0.4, 0.5) is 5.69 Å². The van der Waals surface area contributed by atoms with Crippen molar-refractivity contribution in [2.24, 2.45) is 0 Å². The number of hydrogen-bond donors (Lipinski definition) is 2. The number of hydrogen-bond acceptors (Lipinski definition) is 4. The first-order valence-electron chi connectivity index (χ1n) is 9.58. The minimum Gasteiger partial charge on any atom is -0.478 e. The molecule has 1 saturated heterocycles. The van der Waals surface area contributed by atoms with Crippen molar-refractivity contribution in [3.05, 3.63) is 65.2 Å². The van der Waals surface area contributed by atoms with E-state index in [1.54, 1.807) is 24.3 Å². The van der Waals surface area contributed by atoms with Crippen molar-refractivity contribution in [2.75, 3.05) is 31.6 Å². The number of carboxylic acid groups (broad SMARTS) is 1. The first-order valence-corrected chi connectivity index (χ1v) is 9.58. The Kier molecular flexibility index (Phi) is 6.97. The number of nitrogens with zero attached hydrogens (tertiary/aromatic N) is 1. The Morgan fingerprint density at radius 2 is 1.55 bits per heavy atom. The van der Waals surface area contributed by atoms with Crippen molar-refractivity contribution in [2.45, 2.75) is 19.3 Å². The highest BCUT2D eigenvalue weighted by Gasteiger charge is 2.17. The van der Waals surface area contributed by atoms with Crippen LogP contribution in [0, 0.1) is 0 Å². The maximum Gasteiger partial charge on any atom is 0.335 e. The lowest BCUT2D eigenvalue weighted by atomic mass is 10.1. The van der Waals surface area contributed by atoms with Crippen LogP contribution in [0.25, 0.3) is 0 Å². The minimum absolute atomic E-state index is 0.0824. The normalized spacial score (nSPS) is 13.7. The number of benzene rings is 2. The molecule has 0 atom stereocenters. The van der Waals surface area contributed by atoms with Crippen molar-refractivity contribution in [3.63, 3.8) is 0 Å². The molecule has 0 aromatic heterocycles. The highest BCUT2D eigenvalue weighted by Crippen LogP contribution is 2.13. The van der Waals surface area contributed by atoms with Gasteiger partial charge in [0.15, 0.2) is 0 Å². The molecule has 7 heteroatoms. The largest absolute Gasteiger partial charge is 0.478 e. The van der Waals surface area contributed by atoms with Gasteiger partial charge in [-0.2, -0.15) is 0 Å². The molecule has 0 spiro atoms. The highest BCUT2D eigenvalue weighted by atomic mass is 16.5. The van der Waals surface area contributed by atoms with Crippen LogP contribution in [0.5, 0.6) is 0 Å². The number of rotatable bonds is 7. The lowest BCUT2D eigenvalue weighted by molar-refractivity contribution is -0.134. The van der Waals surface area contributed by atoms with Gasteiger partial charge in [0.1, 0.15) is 0 Å². The van der Waals surface area contributed by atoms with E-state index in [9.17, 15) is 14.4 Å². The molecule has 7 nitrogen and oxygen atoms in total. The third-order valence-electron chi connectivity index (χ3n) is 4.80. The van der Waals surface area contributed by atoms with Crippen LogP contribution in [0.1, 0.15) is 27.9 Å². The number of amides is 2. The standard InChI is InChI=1S/C22H24N2O5/c25-20(10-5-16-1-6-18(7-2-16)22(27)28)23-19-8-3-17(4-9-19)15-21(26)24-11-13-29-14-12-24/h1-4,6-9H,5,10-15H2,(H,23,25)(H,27,28). The van der Waals surface area contributed by atoms with E-state index in [1.807, 2.05) is 17.0 Å². The summed E-state index contributed by atoms with van der Waals surface area (Å²) in [5.74, 6) is -1.01. The number of ether oxygens (including phenoxy) is 1. The number of nitrogens with one attached hydrogen (secondary N) is 1. The number of carboxylic acids is 1. The van der Waals surface area contributed by atoms with Crippen LogP contribution in [-0.4, -0.2) is 54.1 Å². The molecule has 0 saturated carbocycles. The third-order valence-corrected chi connectivity index (χ3v) is 4.80. The Bertz CT molecular complexity index is 856. The van der Waals surface area contributed by atoms with Gasteiger partial charge in [0.25, 0.3) is 0 Å². The van der Waals surface area contributed by atoms with E-state index in [1.165, 1.54) is 12.1 Å². The van der Waals surface area contributed by atoms with Gasteiger partial charge in [-0.05, 0) is 41.8 Å². The summed E-state index contributed by atoms with van der Waals surface area (Å²) in [5, 5.41) is 11.7. The zero-order chi connectivity index (χ0) is 20.6. The number of aryl methyl sites for hydroxylation is 1. The summed E-state index contributed by atoms with van der Waals surface area (Å²) in [6.45, 7) is 2.43. The van der Waals surface area contributed by atoms with Gasteiger partial charge in [-0.25, -0.2) is 4.79 Å². The second-order valence-electron chi connectivity index (χ2n) is 6.92. The topological polar surface area (TPSA) is 95.9 Å². The van der Waals surface area contributed by atoms with Gasteiger partial charge in [0.2, 0.25) is 11.8 Å². The fourth-order valence-electron chi connectivity index (χ4n) is 3.10. The zero-order valence-electron chi connectivity index (χ0n) is 16.1. The van der Waals surface area contributed by atoms with E-state index in [0.29, 0.717) is 51.3 Å². The number of carbonyl (C=O) groups excluding carboxylic acids is 2. The minimum atomic E-state index is -0.968. The molecule has 0 unspecified atom stereocenters. The third kappa shape index (κ3) is 6.15. The summed E-state index contributed by atoms with van der Waals surface area (Å²) in [5.41, 5.74) is 2.71. The molecule has 0 bridgehead atoms. The highest BCUT2D eigenvalue weighted by molar-refractivity contribution is 5.91. The van der Waals surface area contributed by atoms with E-state index >= 15 is 0 Å². The van der Waals surface area contributed by atoms with E-state index in [2.05, 4.69) is 5.32 Å². The molecule has 2 aromatic rings. The molecule has 1 fully saturated rings. The molecule has 1 aliphatic rings. The molecule has 1 heterocycles. The molecule has 152 valence electrons. The fourth-order valence-corrected chi connectivity index (χ4v) is 3.10. The number of carbonyl (C=O) groups is 3. The molecular weight excluding hydrogens is 372 g/mol. The van der Waals surface area contributed by atoms with Gasteiger partial charge in [-0.1, -0.05) is 24.3 Å². The summed E-state index contributed by atoms with van der Waals surface area (Å²) in [6.07, 6.45) is 1.15. The molecule has 2 N–H and O–H groups in total. The number of anilines is 1. The lowest BCUT2D eigenvalue weighted by Gasteiger charge is -2.26. The van der Waals surface area contributed by atoms with E-state index in [4.69, 9.17) is 9.84 Å². The smallest absolute Gasteiger partial charge is 0.335 e. The van der Waals surface area contributed by atoms with Crippen molar-refractivity contribution in [3.8, 4) is 0 Å². The van der Waals surface area contributed by atoms with Gasteiger partial charge < -0.3 is 20.1 Å². The molecule has 0 aliphatic carbocycles. The zero-order valence-corrected chi connectivity index (χ0v) is 16.1. The Hall–Kier alpha value is -3.19. The van der Waals surface area contributed by atoms with E-state index < -0.39 is 5.97 Å². The van der Waals surface area contributed by atoms with Crippen LogP contribution in [-0.2, 0) is 27.2 Å². The predicted molar refractivity (Wildman–Crippen MR) is 108 cm³/mol. The van der Waals surface area contributed by atoms with Crippen LogP contribution >= 0.6 is 0 Å². The second-order valence-corrected chi connectivity index (χ2v) is 6.92. The summed E-state index contributed by atoms with van der Waals surface area (Å²) in [4.78, 5) is 37.1. The molecule has 3 rings (SSSR count). The monoisotopic (exact) mass is 396 g/mol. The predicted octanol–water partition coefficient (Wildman–Crippen LogP) is 2.36. The average molecular weight is 396 g/mol. The Labute approximate surface area is 169 Å². The lowest BCUT2D eigenvalue weighted by Crippen LogP contribution is -2.41. The Morgan fingerprint density at radius 1 is 0.931 bits per heavy atom. The van der Waals surface area contributed by atoms with E-state index in [0.717, 1.165) is 11.1 Å². The van der Waals surface area contributed by atoms with Crippen molar-refractivity contribution in [1.82, 2.24) is 4.90 Å². The van der Waals surface area contributed by atoms with Gasteiger partial charge in [-0.15, -0.1) is 0 Å². The van der Waals surface area contributed by atoms with Crippen molar-refractivity contribution in [1.29, 1.82) is 0 Å². The van der Waals surface area contributed by atoms with Crippen molar-refractivity contribution >= 4 is 23.5 Å². The molecular formula is C22H24N2O5. The fraction of sp³-hybridized carbons (Fsp3) is 0.318. The average Bonchev–Trinajstić information content (AvgIpc) is 2.74.